The van der Waals surface area contributed by atoms with Crippen LogP contribution in [0.5, 0.6) is 5.88 Å². The van der Waals surface area contributed by atoms with Crippen molar-refractivity contribution in [1.82, 2.24) is 30.4 Å². The number of nitrogens with zero attached hydrogens (tertiary/aromatic N) is 6. The van der Waals surface area contributed by atoms with Gasteiger partial charge in [-0.05, 0) is 24.1 Å². The number of benzene rings is 1. The smallest absolute Gasteiger partial charge is 0.352 e. The van der Waals surface area contributed by atoms with E-state index in [2.05, 4.69) is 30.6 Å². The SMILES string of the molecule is CO/N=C(/NC(=O)[C@@H]1C(=O)N2C(C(=O)O)=C(CSc3nnc(COc4cc(C)c5ccccc5n4)s3)CS[C@H]12)c1csc(N)n1. The molecule has 232 valence electrons. The zero-order valence-electron chi connectivity index (χ0n) is 23.6. The molecule has 4 aromatic rings. The molecule has 0 radical (unpaired) electrons. The highest BCUT2D eigenvalue weighted by Gasteiger charge is 2.57. The number of pyridine rings is 1. The molecule has 1 aromatic carbocycles. The van der Waals surface area contributed by atoms with E-state index in [0.717, 1.165) is 27.8 Å². The van der Waals surface area contributed by atoms with Gasteiger partial charge in [0, 0.05) is 28.3 Å². The van der Waals surface area contributed by atoms with Gasteiger partial charge in [-0.1, -0.05) is 46.5 Å². The first-order chi connectivity index (χ1) is 21.7. The predicted molar refractivity (Wildman–Crippen MR) is 171 cm³/mol. The van der Waals surface area contributed by atoms with E-state index in [-0.39, 0.29) is 34.7 Å². The highest BCUT2D eigenvalue weighted by atomic mass is 32.2. The zero-order valence-corrected chi connectivity index (χ0v) is 26.9. The van der Waals surface area contributed by atoms with Gasteiger partial charge in [-0.2, -0.15) is 0 Å². The quantitative estimate of drug-likeness (QED) is 0.0551. The van der Waals surface area contributed by atoms with Gasteiger partial charge >= 0.3 is 5.97 Å². The fraction of sp³-hybridized carbons (Fsp3) is 0.259. The second-order valence-electron chi connectivity index (χ2n) is 9.66. The highest BCUT2D eigenvalue weighted by molar-refractivity contribution is 8.01. The van der Waals surface area contributed by atoms with E-state index in [0.29, 0.717) is 26.6 Å². The predicted octanol–water partition coefficient (Wildman–Crippen LogP) is 3.10. The number of nitrogens with one attached hydrogen (secondary N) is 1. The standard InChI is InChI=1S/C27H24N8O6S4/c1-12-7-17(29-15-6-4-3-5-14(12)15)41-8-18-32-33-27(45-18)44-10-13-9-42-24-19(23(37)35(24)20(13)25(38)39)22(36)31-21(34-40-2)16-11-43-26(28)30-16/h3-7,11,19,24H,8-10H2,1-2H3,(H2,28,30)(H,38,39)(H,31,34,36)/t19-,24-/m1/s1. The molecule has 45 heavy (non-hydrogen) atoms. The van der Waals surface area contributed by atoms with Crippen molar-refractivity contribution in [2.45, 2.75) is 23.2 Å². The van der Waals surface area contributed by atoms with E-state index in [4.69, 9.17) is 15.3 Å². The number of amides is 2. The van der Waals surface area contributed by atoms with Gasteiger partial charge in [0.05, 0.1) is 5.52 Å². The van der Waals surface area contributed by atoms with Crippen molar-refractivity contribution in [1.29, 1.82) is 0 Å². The number of thiazole rings is 1. The van der Waals surface area contributed by atoms with E-state index >= 15 is 0 Å². The molecule has 5 heterocycles. The molecule has 2 amide bonds. The van der Waals surface area contributed by atoms with Crippen LogP contribution in [0.1, 0.15) is 16.3 Å². The number of oxime groups is 1. The maximum Gasteiger partial charge on any atom is 0.352 e. The van der Waals surface area contributed by atoms with Crippen molar-refractivity contribution < 1.29 is 29.1 Å². The fourth-order valence-electron chi connectivity index (χ4n) is 4.75. The number of amidine groups is 1. The summed E-state index contributed by atoms with van der Waals surface area (Å²) in [5.74, 6) is -2.53. The highest BCUT2D eigenvalue weighted by Crippen LogP contribution is 2.45. The van der Waals surface area contributed by atoms with E-state index < -0.39 is 29.1 Å². The van der Waals surface area contributed by atoms with Crippen molar-refractivity contribution in [3.05, 3.63) is 63.2 Å². The van der Waals surface area contributed by atoms with Gasteiger partial charge in [-0.3, -0.25) is 14.5 Å². The largest absolute Gasteiger partial charge is 0.477 e. The van der Waals surface area contributed by atoms with Crippen LogP contribution in [0.15, 0.2) is 56.5 Å². The summed E-state index contributed by atoms with van der Waals surface area (Å²) in [5, 5.41) is 27.7. The summed E-state index contributed by atoms with van der Waals surface area (Å²) in [6, 6.07) is 9.70. The van der Waals surface area contributed by atoms with Crippen LogP contribution in [0.2, 0.25) is 0 Å². The van der Waals surface area contributed by atoms with Crippen LogP contribution < -0.4 is 15.8 Å². The van der Waals surface area contributed by atoms with Crippen molar-refractivity contribution in [2.75, 3.05) is 24.3 Å². The van der Waals surface area contributed by atoms with Gasteiger partial charge in [0.15, 0.2) is 20.3 Å². The molecule has 14 nitrogen and oxygen atoms in total. The van der Waals surface area contributed by atoms with Gasteiger partial charge in [-0.15, -0.1) is 33.3 Å². The Morgan fingerprint density at radius 1 is 1.27 bits per heavy atom. The lowest BCUT2D eigenvalue weighted by Gasteiger charge is -2.48. The Morgan fingerprint density at radius 2 is 2.09 bits per heavy atom. The van der Waals surface area contributed by atoms with Crippen LogP contribution in [-0.4, -0.2) is 77.8 Å². The minimum Gasteiger partial charge on any atom is -0.477 e. The number of fused-ring (bicyclic) bond motifs is 2. The maximum absolute atomic E-state index is 13.1. The number of carboxylic acids is 1. The van der Waals surface area contributed by atoms with Crippen molar-refractivity contribution in [2.24, 2.45) is 11.1 Å². The van der Waals surface area contributed by atoms with E-state index in [1.807, 2.05) is 37.3 Å². The number of anilines is 1. The Bertz CT molecular complexity index is 1870. The van der Waals surface area contributed by atoms with Crippen LogP contribution in [0, 0.1) is 12.8 Å². The molecular formula is C27H24N8O6S4. The van der Waals surface area contributed by atoms with Gasteiger partial charge < -0.3 is 25.7 Å². The molecule has 3 aromatic heterocycles. The summed E-state index contributed by atoms with van der Waals surface area (Å²) in [7, 11) is 1.30. The topological polar surface area (TPSA) is 195 Å². The molecule has 2 aliphatic heterocycles. The van der Waals surface area contributed by atoms with Gasteiger partial charge in [0.2, 0.25) is 17.7 Å². The lowest BCUT2D eigenvalue weighted by Crippen LogP contribution is -2.66. The van der Waals surface area contributed by atoms with Crippen LogP contribution in [0.3, 0.4) is 0 Å². The van der Waals surface area contributed by atoms with Crippen molar-refractivity contribution >= 4 is 85.9 Å². The summed E-state index contributed by atoms with van der Waals surface area (Å²) in [6.45, 7) is 2.18. The normalized spacial score (nSPS) is 18.0. The number of aryl methyl sites for hydroxylation is 1. The fourth-order valence-corrected chi connectivity index (χ4v) is 8.65. The first kappa shape index (κ1) is 30.8. The molecule has 6 rings (SSSR count). The number of hydrogen-bond acceptors (Lipinski definition) is 15. The molecule has 2 atom stereocenters. The number of hydrogen-bond donors (Lipinski definition) is 3. The zero-order chi connectivity index (χ0) is 31.7. The Balaban J connectivity index is 1.09. The minimum absolute atomic E-state index is 0.000865. The maximum atomic E-state index is 13.1. The number of nitrogen functional groups attached to an aromatic ring is 1. The first-order valence-electron chi connectivity index (χ1n) is 13.2. The molecule has 1 saturated heterocycles. The number of β-lactam (4-membered cyclic amide) rings is 1. The third-order valence-electron chi connectivity index (χ3n) is 6.78. The van der Waals surface area contributed by atoms with E-state index in [1.165, 1.54) is 46.9 Å². The summed E-state index contributed by atoms with van der Waals surface area (Å²) in [6.07, 6.45) is 0. The van der Waals surface area contributed by atoms with E-state index in [9.17, 15) is 19.5 Å². The van der Waals surface area contributed by atoms with Crippen LogP contribution in [0.25, 0.3) is 10.9 Å². The second-order valence-corrected chi connectivity index (χ2v) is 13.9. The molecule has 18 heteroatoms. The summed E-state index contributed by atoms with van der Waals surface area (Å²) in [4.78, 5) is 53.1. The molecule has 0 spiro atoms. The Kier molecular flexibility index (Phi) is 8.88. The molecule has 0 aliphatic carbocycles. The number of carbonyl (C=O) groups is 3. The number of aromatic nitrogens is 4. The minimum atomic E-state index is -1.24. The van der Waals surface area contributed by atoms with Crippen LogP contribution in [0.4, 0.5) is 5.13 Å². The summed E-state index contributed by atoms with van der Waals surface area (Å²) >= 11 is 5.12. The molecule has 0 saturated carbocycles. The van der Waals surface area contributed by atoms with Crippen LogP contribution in [-0.2, 0) is 25.8 Å². The summed E-state index contributed by atoms with van der Waals surface area (Å²) < 4.78 is 6.50. The molecular weight excluding hydrogens is 661 g/mol. The number of aliphatic carboxylic acids is 1. The third-order valence-corrected chi connectivity index (χ3v) is 10.9. The Labute approximate surface area is 272 Å². The molecule has 4 N–H and O–H groups in total. The summed E-state index contributed by atoms with van der Waals surface area (Å²) in [5.41, 5.74) is 8.29. The number of carboxylic acid groups (broad SMARTS) is 1. The number of thioether (sulfide) groups is 2. The molecule has 2 aliphatic rings. The molecule has 0 unspecified atom stereocenters. The van der Waals surface area contributed by atoms with Gasteiger partial charge in [-0.25, -0.2) is 14.8 Å². The third kappa shape index (κ3) is 6.31. The van der Waals surface area contributed by atoms with Gasteiger partial charge in [0.1, 0.15) is 36.4 Å². The first-order valence-corrected chi connectivity index (χ1v) is 16.9. The number of rotatable bonds is 10. The number of carbonyl (C=O) groups excluding carboxylic acids is 2. The monoisotopic (exact) mass is 684 g/mol. The Hall–Kier alpha value is -4.26. The van der Waals surface area contributed by atoms with Gasteiger partial charge in [0.25, 0.3) is 0 Å². The number of ether oxygens (including phenoxy) is 1. The van der Waals surface area contributed by atoms with Crippen LogP contribution >= 0.6 is 46.2 Å². The number of para-hydroxylation sites is 1. The number of nitrogens with two attached hydrogens (primary N) is 1. The average Bonchev–Trinajstić information content (AvgIpc) is 3.67. The second kappa shape index (κ2) is 13.0. The van der Waals surface area contributed by atoms with Crippen molar-refractivity contribution in [3.63, 3.8) is 0 Å². The van der Waals surface area contributed by atoms with E-state index in [1.54, 1.807) is 5.38 Å². The van der Waals surface area contributed by atoms with Crippen molar-refractivity contribution in [3.8, 4) is 5.88 Å². The molecule has 0 bridgehead atoms. The average molecular weight is 685 g/mol. The lowest BCUT2D eigenvalue weighted by molar-refractivity contribution is -0.157. The lowest BCUT2D eigenvalue weighted by atomic mass is 9.94. The Morgan fingerprint density at radius 3 is 2.84 bits per heavy atom. The molecule has 1 fully saturated rings.